The van der Waals surface area contributed by atoms with Gasteiger partial charge in [-0.3, -0.25) is 4.79 Å². The third-order valence-electron chi connectivity index (χ3n) is 10.2. The summed E-state index contributed by atoms with van der Waals surface area (Å²) in [6, 6.07) is 11.3. The highest BCUT2D eigenvalue weighted by atomic mass is 19.4. The first kappa shape index (κ1) is 24.2. The Morgan fingerprint density at radius 3 is 2.37 bits per heavy atom. The van der Waals surface area contributed by atoms with Crippen LogP contribution in [0.4, 0.5) is 19.0 Å². The Morgan fingerprint density at radius 2 is 1.68 bits per heavy atom. The number of nitrogens with zero attached hydrogens (tertiary/aromatic N) is 2. The normalized spacial score (nSPS) is 32.7. The minimum atomic E-state index is -4.47. The van der Waals surface area contributed by atoms with Crippen molar-refractivity contribution in [3.05, 3.63) is 59.8 Å². The Labute approximate surface area is 221 Å². The molecule has 1 aliphatic heterocycles. The first-order chi connectivity index (χ1) is 18.2. The molecule has 200 valence electrons. The predicted molar refractivity (Wildman–Crippen MR) is 141 cm³/mol. The highest BCUT2D eigenvalue weighted by Gasteiger charge is 2.50. The lowest BCUT2D eigenvalue weighted by molar-refractivity contribution is -0.173. The number of carbonyl (C=O) groups is 1. The van der Waals surface area contributed by atoms with Crippen LogP contribution in [0.2, 0.25) is 0 Å². The number of aromatic nitrogens is 2. The second kappa shape index (κ2) is 8.85. The van der Waals surface area contributed by atoms with Crippen molar-refractivity contribution >= 4 is 22.4 Å². The fourth-order valence-electron chi connectivity index (χ4n) is 8.84. The summed E-state index contributed by atoms with van der Waals surface area (Å²) in [6.45, 7) is 2.19. The molecule has 4 fully saturated rings. The van der Waals surface area contributed by atoms with Gasteiger partial charge < -0.3 is 5.32 Å². The van der Waals surface area contributed by atoms with E-state index in [0.29, 0.717) is 29.7 Å². The number of halogens is 3. The molecule has 0 radical (unpaired) electrons. The van der Waals surface area contributed by atoms with Gasteiger partial charge in [0.15, 0.2) is 11.8 Å². The van der Waals surface area contributed by atoms with E-state index in [-0.39, 0.29) is 23.9 Å². The highest BCUT2D eigenvalue weighted by Crippen LogP contribution is 2.59. The maximum absolute atomic E-state index is 14.2. The highest BCUT2D eigenvalue weighted by molar-refractivity contribution is 6.00. The van der Waals surface area contributed by atoms with Crippen LogP contribution in [-0.2, 0) is 0 Å². The van der Waals surface area contributed by atoms with E-state index in [1.54, 1.807) is 0 Å². The van der Waals surface area contributed by atoms with Gasteiger partial charge >= 0.3 is 6.18 Å². The molecule has 3 unspecified atom stereocenters. The number of anilines is 1. The molecular weight excluding hydrogens is 487 g/mol. The third kappa shape index (κ3) is 4.04. The molecule has 3 atom stereocenters. The van der Waals surface area contributed by atoms with Crippen molar-refractivity contribution in [1.82, 2.24) is 9.78 Å². The van der Waals surface area contributed by atoms with Gasteiger partial charge in [0.05, 0.1) is 17.8 Å². The monoisotopic (exact) mass is 521 g/mol. The first-order valence-corrected chi connectivity index (χ1v) is 14.2. The standard InChI is InChI=1S/C31H34F3N3O/c1-17(29-23-10-18-9-19(12-23)13-24(29)11-18)8-27(38)25-16-35-37-28(31(32,33)34)15-26(36-30(25)37)22-7-6-20-4-2-3-5-21(20)14-22/h2-7,14,16-19,23-24,26,28-29,36H,8-13,15H2,1H3. The summed E-state index contributed by atoms with van der Waals surface area (Å²) in [5, 5.41) is 9.43. The molecule has 0 saturated heterocycles. The minimum Gasteiger partial charge on any atom is -0.363 e. The Balaban J connectivity index is 1.16. The first-order valence-electron chi connectivity index (χ1n) is 14.2. The van der Waals surface area contributed by atoms with Crippen molar-refractivity contribution in [3.63, 3.8) is 0 Å². The molecule has 4 aliphatic carbocycles. The zero-order valence-electron chi connectivity index (χ0n) is 21.6. The number of alkyl halides is 3. The number of nitrogens with one attached hydrogen (secondary N) is 1. The van der Waals surface area contributed by atoms with Crippen LogP contribution in [0.1, 0.15) is 79.9 Å². The van der Waals surface area contributed by atoms with Crippen LogP contribution in [0.3, 0.4) is 0 Å². The summed E-state index contributed by atoms with van der Waals surface area (Å²) in [5.74, 6) is 4.05. The molecule has 0 spiro atoms. The largest absolute Gasteiger partial charge is 0.410 e. The molecule has 4 nitrogen and oxygen atoms in total. The molecule has 1 aromatic heterocycles. The van der Waals surface area contributed by atoms with Crippen molar-refractivity contribution in [2.45, 2.75) is 70.1 Å². The topological polar surface area (TPSA) is 46.9 Å². The third-order valence-corrected chi connectivity index (χ3v) is 10.2. The van der Waals surface area contributed by atoms with E-state index < -0.39 is 18.3 Å². The summed E-state index contributed by atoms with van der Waals surface area (Å²) >= 11 is 0. The Hall–Kier alpha value is -2.83. The van der Waals surface area contributed by atoms with Crippen molar-refractivity contribution in [3.8, 4) is 0 Å². The number of Topliss-reactive ketones (excluding diaryl/α,β-unsaturated/α-hetero) is 1. The minimum absolute atomic E-state index is 0.0971. The van der Waals surface area contributed by atoms with E-state index in [9.17, 15) is 18.0 Å². The molecule has 38 heavy (non-hydrogen) atoms. The SMILES string of the molecule is CC(CC(=O)c1cnn2c1NC(c1ccc3ccccc3c1)CC2C(F)(F)F)C1C2CC3CC(C2)CC1C3. The summed E-state index contributed by atoms with van der Waals surface area (Å²) in [4.78, 5) is 13.6. The fraction of sp³-hybridized carbons (Fsp3) is 0.548. The van der Waals surface area contributed by atoms with Crippen LogP contribution in [0.15, 0.2) is 48.7 Å². The predicted octanol–water partition coefficient (Wildman–Crippen LogP) is 7.98. The summed E-state index contributed by atoms with van der Waals surface area (Å²) in [6.07, 6.45) is 3.65. The summed E-state index contributed by atoms with van der Waals surface area (Å²) in [5.41, 5.74) is 1.08. The molecule has 3 aromatic rings. The van der Waals surface area contributed by atoms with E-state index >= 15 is 0 Å². The van der Waals surface area contributed by atoms with Gasteiger partial charge in [0.25, 0.3) is 0 Å². The molecule has 1 N–H and O–H groups in total. The van der Waals surface area contributed by atoms with Crippen molar-refractivity contribution in [1.29, 1.82) is 0 Å². The number of fused-ring (bicyclic) bond motifs is 2. The van der Waals surface area contributed by atoms with Gasteiger partial charge in [0, 0.05) is 12.8 Å². The van der Waals surface area contributed by atoms with Crippen molar-refractivity contribution < 1.29 is 18.0 Å². The smallest absolute Gasteiger partial charge is 0.363 e. The van der Waals surface area contributed by atoms with Crippen LogP contribution in [0, 0.1) is 35.5 Å². The van der Waals surface area contributed by atoms with Gasteiger partial charge in [-0.15, -0.1) is 0 Å². The summed E-state index contributed by atoms with van der Waals surface area (Å²) < 4.78 is 43.7. The molecule has 8 rings (SSSR count). The van der Waals surface area contributed by atoms with E-state index in [1.807, 2.05) is 42.5 Å². The lowest BCUT2D eigenvalue weighted by Crippen LogP contribution is -2.47. The molecule has 2 heterocycles. The number of ketones is 1. The second-order valence-electron chi connectivity index (χ2n) is 12.6. The van der Waals surface area contributed by atoms with Crippen LogP contribution in [0.5, 0.6) is 0 Å². The Kier molecular flexibility index (Phi) is 5.64. The lowest BCUT2D eigenvalue weighted by atomic mass is 9.49. The second-order valence-corrected chi connectivity index (χ2v) is 12.6. The molecule has 0 amide bonds. The van der Waals surface area contributed by atoms with Gasteiger partial charge in [-0.05, 0) is 90.0 Å². The molecule has 4 bridgehead atoms. The van der Waals surface area contributed by atoms with Crippen molar-refractivity contribution in [2.24, 2.45) is 35.5 Å². The van der Waals surface area contributed by atoms with E-state index in [1.165, 1.54) is 38.3 Å². The molecular formula is C31H34F3N3O. The maximum Gasteiger partial charge on any atom is 0.410 e. The van der Waals surface area contributed by atoms with E-state index in [4.69, 9.17) is 0 Å². The Bertz CT molecular complexity index is 1350. The number of hydrogen-bond acceptors (Lipinski definition) is 3. The summed E-state index contributed by atoms with van der Waals surface area (Å²) in [7, 11) is 0. The molecule has 7 heteroatoms. The van der Waals surface area contributed by atoms with Gasteiger partial charge in [-0.1, -0.05) is 43.3 Å². The zero-order chi connectivity index (χ0) is 26.2. The molecule has 5 aliphatic rings. The van der Waals surface area contributed by atoms with E-state index in [2.05, 4.69) is 17.3 Å². The zero-order valence-corrected chi connectivity index (χ0v) is 21.6. The van der Waals surface area contributed by atoms with Crippen LogP contribution < -0.4 is 5.32 Å². The van der Waals surface area contributed by atoms with Crippen LogP contribution >= 0.6 is 0 Å². The van der Waals surface area contributed by atoms with Gasteiger partial charge in [-0.25, -0.2) is 4.68 Å². The van der Waals surface area contributed by atoms with Crippen LogP contribution in [-0.4, -0.2) is 21.7 Å². The molecule has 2 aromatic carbocycles. The van der Waals surface area contributed by atoms with E-state index in [0.717, 1.165) is 32.9 Å². The number of carbonyl (C=O) groups excluding carboxylic acids is 1. The molecule has 4 saturated carbocycles. The average Bonchev–Trinajstić information content (AvgIpc) is 3.31. The Morgan fingerprint density at radius 1 is 1.00 bits per heavy atom. The number of hydrogen-bond donors (Lipinski definition) is 1. The lowest BCUT2D eigenvalue weighted by Gasteiger charge is -2.56. The number of benzene rings is 2. The average molecular weight is 522 g/mol. The van der Waals surface area contributed by atoms with Gasteiger partial charge in [-0.2, -0.15) is 18.3 Å². The fourth-order valence-corrected chi connectivity index (χ4v) is 8.84. The van der Waals surface area contributed by atoms with Crippen LogP contribution in [0.25, 0.3) is 10.8 Å². The quantitative estimate of drug-likeness (QED) is 0.346. The van der Waals surface area contributed by atoms with Crippen molar-refractivity contribution in [2.75, 3.05) is 5.32 Å². The van der Waals surface area contributed by atoms with Gasteiger partial charge in [0.1, 0.15) is 5.82 Å². The maximum atomic E-state index is 14.2. The van der Waals surface area contributed by atoms with Gasteiger partial charge in [0.2, 0.25) is 0 Å². The number of rotatable bonds is 5.